The van der Waals surface area contributed by atoms with Gasteiger partial charge in [-0.25, -0.2) is 9.59 Å². The van der Waals surface area contributed by atoms with Crippen molar-refractivity contribution < 1.29 is 59.7 Å². The number of hydrogen-bond acceptors (Lipinski definition) is 7. The molecule has 4 rings (SSSR count). The molecule has 0 unspecified atom stereocenters. The Morgan fingerprint density at radius 3 is 2.00 bits per heavy atom. The average Bonchev–Trinajstić information content (AvgIpc) is 3.52. The summed E-state index contributed by atoms with van der Waals surface area (Å²) in [5.41, 5.74) is -3.68. The van der Waals surface area contributed by atoms with E-state index in [-0.39, 0.29) is 36.1 Å². The maximum atomic E-state index is 13.7. The lowest BCUT2D eigenvalue weighted by Gasteiger charge is -2.43. The topological polar surface area (TPSA) is 94.6 Å². The van der Waals surface area contributed by atoms with Crippen LogP contribution in [0, 0.1) is 0 Å². The number of ether oxygens (including phenoxy) is 4. The van der Waals surface area contributed by atoms with Crippen molar-refractivity contribution in [3.63, 3.8) is 0 Å². The minimum Gasteiger partial charge on any atom is -0.496 e. The van der Waals surface area contributed by atoms with Crippen LogP contribution in [0.15, 0.2) is 30.3 Å². The molecule has 1 saturated carbocycles. The van der Waals surface area contributed by atoms with Crippen LogP contribution in [-0.2, 0) is 43.3 Å². The number of alkyl halides is 6. The summed E-state index contributed by atoms with van der Waals surface area (Å²) in [6.07, 6.45) is -9.68. The zero-order valence-electron chi connectivity index (χ0n) is 26.5. The first kappa shape index (κ1) is 35.7. The van der Waals surface area contributed by atoms with Crippen LogP contribution in [0.5, 0.6) is 5.75 Å². The van der Waals surface area contributed by atoms with E-state index in [0.29, 0.717) is 43.4 Å². The number of fused-ring (bicyclic) bond motifs is 1. The first-order chi connectivity index (χ1) is 22.0. The molecule has 0 spiro atoms. The van der Waals surface area contributed by atoms with Crippen molar-refractivity contribution in [1.29, 1.82) is 0 Å². The summed E-state index contributed by atoms with van der Waals surface area (Å²) in [5, 5.41) is 0. The number of esters is 1. The highest BCUT2D eigenvalue weighted by atomic mass is 19.4. The molecule has 2 aliphatic rings. The molecule has 0 aromatic heterocycles. The molecule has 2 atom stereocenters. The maximum Gasteiger partial charge on any atom is 0.416 e. The lowest BCUT2D eigenvalue weighted by atomic mass is 9.76. The summed E-state index contributed by atoms with van der Waals surface area (Å²) >= 11 is 0. The largest absolute Gasteiger partial charge is 0.496 e. The Labute approximate surface area is 267 Å². The van der Waals surface area contributed by atoms with Crippen molar-refractivity contribution in [2.75, 3.05) is 32.8 Å². The molecule has 9 nitrogen and oxygen atoms in total. The van der Waals surface area contributed by atoms with E-state index in [1.54, 1.807) is 19.9 Å². The molecule has 2 aromatic rings. The number of halogens is 6. The van der Waals surface area contributed by atoms with Gasteiger partial charge in [-0.1, -0.05) is 12.8 Å². The predicted octanol–water partition coefficient (Wildman–Crippen LogP) is 7.78. The molecule has 15 heteroatoms. The molecule has 1 fully saturated rings. The minimum atomic E-state index is -5.10. The van der Waals surface area contributed by atoms with Gasteiger partial charge in [0.2, 0.25) is 0 Å². The van der Waals surface area contributed by atoms with Crippen LogP contribution < -0.4 is 9.64 Å². The van der Waals surface area contributed by atoms with Crippen LogP contribution >= 0.6 is 0 Å². The van der Waals surface area contributed by atoms with Crippen LogP contribution in [0.2, 0.25) is 0 Å². The van der Waals surface area contributed by atoms with E-state index in [9.17, 15) is 40.7 Å². The second kappa shape index (κ2) is 13.5. The Morgan fingerprint density at radius 2 is 1.51 bits per heavy atom. The van der Waals surface area contributed by atoms with Gasteiger partial charge in [0.15, 0.2) is 0 Å². The molecule has 1 aliphatic heterocycles. The Hall–Kier alpha value is -4.17. The number of methoxy groups -OCH3 is 3. The first-order valence-electron chi connectivity index (χ1n) is 14.9. The zero-order chi connectivity index (χ0) is 34.9. The van der Waals surface area contributed by atoms with Crippen molar-refractivity contribution in [2.24, 2.45) is 0 Å². The molecule has 0 N–H and O–H groups in total. The van der Waals surface area contributed by atoms with E-state index in [2.05, 4.69) is 0 Å². The Morgan fingerprint density at radius 1 is 0.915 bits per heavy atom. The van der Waals surface area contributed by atoms with E-state index in [1.807, 2.05) is 0 Å². The van der Waals surface area contributed by atoms with Crippen LogP contribution in [0.4, 0.5) is 41.6 Å². The summed E-state index contributed by atoms with van der Waals surface area (Å²) < 4.78 is 103. The third-order valence-electron chi connectivity index (χ3n) is 8.77. The van der Waals surface area contributed by atoms with Crippen molar-refractivity contribution >= 4 is 23.8 Å². The smallest absolute Gasteiger partial charge is 0.416 e. The van der Waals surface area contributed by atoms with Gasteiger partial charge in [0.05, 0.1) is 56.2 Å². The number of rotatable bonds is 7. The highest BCUT2D eigenvalue weighted by Gasteiger charge is 2.48. The van der Waals surface area contributed by atoms with E-state index in [4.69, 9.17) is 18.9 Å². The maximum absolute atomic E-state index is 13.7. The van der Waals surface area contributed by atoms with Crippen LogP contribution in [0.25, 0.3) is 0 Å². The van der Waals surface area contributed by atoms with Gasteiger partial charge in [-0.3, -0.25) is 14.6 Å². The fraction of sp³-hybridized carbons (Fsp3) is 0.531. The lowest BCUT2D eigenvalue weighted by molar-refractivity contribution is -0.147. The van der Waals surface area contributed by atoms with Crippen molar-refractivity contribution in [1.82, 2.24) is 4.90 Å². The number of benzene rings is 2. The molecule has 0 saturated heterocycles. The standard InChI is InChI=1S/C32H36F6N2O7/c1-6-47-29(43)40-18(2)11-24(22-15-26(44-3)23(16-25(22)40)30(27(41)45-4)9-7-8-10-30)39(28(42)46-5)17-19-12-20(31(33,34)35)14-21(13-19)32(36,37)38/h12-16,18,24H,6-11,17H2,1-5H3/t18-,24+/m1/s1. The fourth-order valence-corrected chi connectivity index (χ4v) is 6.65. The lowest BCUT2D eigenvalue weighted by Crippen LogP contribution is -2.48. The number of nitrogens with zero attached hydrogens (tertiary/aromatic N) is 2. The molecule has 1 aliphatic carbocycles. The van der Waals surface area contributed by atoms with Gasteiger partial charge in [0, 0.05) is 23.7 Å². The van der Waals surface area contributed by atoms with Gasteiger partial charge in [-0.15, -0.1) is 0 Å². The summed E-state index contributed by atoms with van der Waals surface area (Å²) in [4.78, 5) is 42.2. The van der Waals surface area contributed by atoms with E-state index < -0.39 is 71.2 Å². The zero-order valence-corrected chi connectivity index (χ0v) is 26.5. The van der Waals surface area contributed by atoms with Crippen LogP contribution in [0.3, 0.4) is 0 Å². The predicted molar refractivity (Wildman–Crippen MR) is 156 cm³/mol. The average molecular weight is 675 g/mol. The van der Waals surface area contributed by atoms with Gasteiger partial charge in [-0.05, 0) is 69.0 Å². The Bertz CT molecular complexity index is 1470. The molecule has 1 heterocycles. The molecule has 0 bridgehead atoms. The van der Waals surface area contributed by atoms with E-state index >= 15 is 0 Å². The van der Waals surface area contributed by atoms with Crippen molar-refractivity contribution in [2.45, 2.75) is 82.3 Å². The van der Waals surface area contributed by atoms with Gasteiger partial charge >= 0.3 is 30.5 Å². The van der Waals surface area contributed by atoms with Gasteiger partial charge in [0.1, 0.15) is 5.75 Å². The number of amides is 2. The second-order valence-electron chi connectivity index (χ2n) is 11.6. The van der Waals surface area contributed by atoms with Crippen molar-refractivity contribution in [3.8, 4) is 5.75 Å². The Kier molecular flexibility index (Phi) is 10.3. The van der Waals surface area contributed by atoms with Gasteiger partial charge < -0.3 is 18.9 Å². The first-order valence-corrected chi connectivity index (χ1v) is 14.9. The van der Waals surface area contributed by atoms with Crippen LogP contribution in [0.1, 0.15) is 79.8 Å². The molecular formula is C32H36F6N2O7. The minimum absolute atomic E-state index is 0.00332. The summed E-state index contributed by atoms with van der Waals surface area (Å²) in [5.74, 6) is -0.278. The van der Waals surface area contributed by atoms with Crippen LogP contribution in [-0.4, -0.2) is 57.0 Å². The molecule has 47 heavy (non-hydrogen) atoms. The quantitative estimate of drug-likeness (QED) is 0.168. The van der Waals surface area contributed by atoms with E-state index in [0.717, 1.165) is 12.0 Å². The van der Waals surface area contributed by atoms with Crippen molar-refractivity contribution in [3.05, 3.63) is 58.1 Å². The highest BCUT2D eigenvalue weighted by molar-refractivity contribution is 5.92. The SMILES string of the molecule is CCOC(=O)N1c2cc(C3(C(=O)OC)CCCC3)c(OC)cc2[C@@H](N(Cc2cc(C(F)(F)F)cc(C(F)(F)F)c2)C(=O)OC)C[C@H]1C. The summed E-state index contributed by atoms with van der Waals surface area (Å²) in [6, 6.07) is 2.51. The van der Waals surface area contributed by atoms with Gasteiger partial charge in [0.25, 0.3) is 0 Å². The third-order valence-corrected chi connectivity index (χ3v) is 8.77. The normalized spacial score (nSPS) is 19.1. The van der Waals surface area contributed by atoms with E-state index in [1.165, 1.54) is 25.2 Å². The highest BCUT2D eigenvalue weighted by Crippen LogP contribution is 2.51. The second-order valence-corrected chi connectivity index (χ2v) is 11.6. The molecular weight excluding hydrogens is 638 g/mol. The molecule has 2 amide bonds. The fourth-order valence-electron chi connectivity index (χ4n) is 6.65. The number of carbonyl (C=O) groups is 3. The van der Waals surface area contributed by atoms with Gasteiger partial charge in [-0.2, -0.15) is 26.3 Å². The number of carbonyl (C=O) groups excluding carboxylic acids is 3. The molecule has 0 radical (unpaired) electrons. The Balaban J connectivity index is 1.95. The molecule has 258 valence electrons. The number of anilines is 1. The molecule has 2 aromatic carbocycles. The summed E-state index contributed by atoms with van der Waals surface area (Å²) in [7, 11) is 3.67. The monoisotopic (exact) mass is 674 g/mol. The number of hydrogen-bond donors (Lipinski definition) is 0. The summed E-state index contributed by atoms with van der Waals surface area (Å²) in [6.45, 7) is 2.60. The third kappa shape index (κ3) is 6.93.